The second kappa shape index (κ2) is 6.86. The minimum Gasteiger partial charge on any atom is -0.495 e. The van der Waals surface area contributed by atoms with Crippen LogP contribution in [0.15, 0.2) is 12.1 Å². The van der Waals surface area contributed by atoms with E-state index < -0.39 is 9.84 Å². The van der Waals surface area contributed by atoms with Gasteiger partial charge in [0.15, 0.2) is 9.84 Å². The second-order valence-electron chi connectivity index (χ2n) is 3.85. The Morgan fingerprint density at radius 2 is 1.84 bits per heavy atom. The van der Waals surface area contributed by atoms with Crippen LogP contribution < -0.4 is 14.8 Å². The molecule has 0 aliphatic rings. The van der Waals surface area contributed by atoms with Gasteiger partial charge in [-0.15, -0.1) is 0 Å². The van der Waals surface area contributed by atoms with E-state index >= 15 is 0 Å². The van der Waals surface area contributed by atoms with Gasteiger partial charge in [0.25, 0.3) is 0 Å². The Kier molecular flexibility index (Phi) is 5.75. The number of sulfone groups is 1. The average molecular weight is 308 g/mol. The van der Waals surface area contributed by atoms with E-state index in [1.54, 1.807) is 19.1 Å². The molecule has 5 nitrogen and oxygen atoms in total. The smallest absolute Gasteiger partial charge is 0.151 e. The van der Waals surface area contributed by atoms with Crippen LogP contribution in [0.3, 0.4) is 0 Å². The molecule has 19 heavy (non-hydrogen) atoms. The Morgan fingerprint density at radius 1 is 1.21 bits per heavy atom. The Morgan fingerprint density at radius 3 is 2.37 bits per heavy atom. The van der Waals surface area contributed by atoms with E-state index in [-0.39, 0.29) is 11.5 Å². The minimum absolute atomic E-state index is 0.0658. The highest BCUT2D eigenvalue weighted by molar-refractivity contribution is 7.91. The first-order chi connectivity index (χ1) is 8.93. The maximum atomic E-state index is 11.4. The van der Waals surface area contributed by atoms with Crippen molar-refractivity contribution in [3.05, 3.63) is 17.2 Å². The van der Waals surface area contributed by atoms with E-state index in [0.717, 1.165) is 0 Å². The van der Waals surface area contributed by atoms with Crippen molar-refractivity contribution in [1.29, 1.82) is 0 Å². The van der Waals surface area contributed by atoms with Gasteiger partial charge in [-0.25, -0.2) is 8.42 Å². The molecule has 0 amide bonds. The Labute approximate surface area is 118 Å². The summed E-state index contributed by atoms with van der Waals surface area (Å²) in [6, 6.07) is 3.30. The van der Waals surface area contributed by atoms with Crippen LogP contribution in [0.2, 0.25) is 5.02 Å². The van der Waals surface area contributed by atoms with Crippen molar-refractivity contribution in [2.24, 2.45) is 0 Å². The highest BCUT2D eigenvalue weighted by Crippen LogP contribution is 2.35. The fraction of sp³-hybridized carbons (Fsp3) is 0.500. The topological polar surface area (TPSA) is 64.6 Å². The second-order valence-corrected chi connectivity index (χ2v) is 6.73. The van der Waals surface area contributed by atoms with Gasteiger partial charge in [-0.1, -0.05) is 18.5 Å². The molecular weight excluding hydrogens is 290 g/mol. The number of benzene rings is 1. The lowest BCUT2D eigenvalue weighted by Gasteiger charge is -2.13. The third-order valence-electron chi connectivity index (χ3n) is 2.64. The molecule has 0 saturated carbocycles. The van der Waals surface area contributed by atoms with Crippen LogP contribution in [0.5, 0.6) is 11.5 Å². The lowest BCUT2D eigenvalue weighted by atomic mass is 10.2. The first-order valence-electron chi connectivity index (χ1n) is 5.79. The van der Waals surface area contributed by atoms with Gasteiger partial charge in [-0.05, 0) is 6.07 Å². The fourth-order valence-electron chi connectivity index (χ4n) is 1.48. The number of halogens is 1. The largest absolute Gasteiger partial charge is 0.495 e. The summed E-state index contributed by atoms with van der Waals surface area (Å²) in [4.78, 5) is 0. The van der Waals surface area contributed by atoms with Crippen molar-refractivity contribution >= 4 is 27.1 Å². The molecule has 0 radical (unpaired) electrons. The number of anilines is 1. The van der Waals surface area contributed by atoms with Crippen molar-refractivity contribution in [2.75, 3.05) is 37.6 Å². The summed E-state index contributed by atoms with van der Waals surface area (Å²) in [5.41, 5.74) is 0.639. The van der Waals surface area contributed by atoms with Crippen molar-refractivity contribution < 1.29 is 17.9 Å². The van der Waals surface area contributed by atoms with Gasteiger partial charge in [-0.2, -0.15) is 0 Å². The molecule has 0 aliphatic heterocycles. The van der Waals surface area contributed by atoms with E-state index in [9.17, 15) is 8.42 Å². The van der Waals surface area contributed by atoms with Gasteiger partial charge in [0.05, 0.1) is 30.7 Å². The highest BCUT2D eigenvalue weighted by atomic mass is 35.5. The van der Waals surface area contributed by atoms with Crippen LogP contribution in [0.4, 0.5) is 5.69 Å². The van der Waals surface area contributed by atoms with Crippen LogP contribution in [0.25, 0.3) is 0 Å². The summed E-state index contributed by atoms with van der Waals surface area (Å²) in [7, 11) is 0.0467. The van der Waals surface area contributed by atoms with Gasteiger partial charge < -0.3 is 14.8 Å². The Hall–Kier alpha value is -1.14. The number of hydrogen-bond acceptors (Lipinski definition) is 5. The predicted octanol–water partition coefficient (Wildman–Crippen LogP) is 2.20. The molecule has 108 valence electrons. The summed E-state index contributed by atoms with van der Waals surface area (Å²) in [5.74, 6) is 1.26. The molecule has 1 rings (SSSR count). The molecule has 1 aromatic rings. The van der Waals surface area contributed by atoms with Gasteiger partial charge in [0, 0.05) is 18.4 Å². The van der Waals surface area contributed by atoms with Crippen molar-refractivity contribution in [2.45, 2.75) is 6.92 Å². The quantitative estimate of drug-likeness (QED) is 0.836. The summed E-state index contributed by atoms with van der Waals surface area (Å²) in [6.45, 7) is 1.93. The lowest BCUT2D eigenvalue weighted by molar-refractivity contribution is 0.395. The maximum absolute atomic E-state index is 11.4. The molecule has 1 N–H and O–H groups in total. The molecule has 0 saturated heterocycles. The van der Waals surface area contributed by atoms with E-state index in [1.807, 2.05) is 0 Å². The lowest BCUT2D eigenvalue weighted by Crippen LogP contribution is -2.17. The van der Waals surface area contributed by atoms with Crippen LogP contribution in [-0.2, 0) is 9.84 Å². The summed E-state index contributed by atoms with van der Waals surface area (Å²) in [6.07, 6.45) is 0. The van der Waals surface area contributed by atoms with Crippen LogP contribution in [0, 0.1) is 0 Å². The zero-order valence-electron chi connectivity index (χ0n) is 11.2. The number of nitrogens with one attached hydrogen (secondary N) is 1. The Balaban J connectivity index is 2.81. The van der Waals surface area contributed by atoms with Crippen molar-refractivity contribution in [1.82, 2.24) is 0 Å². The first kappa shape index (κ1) is 15.9. The SMILES string of the molecule is CCS(=O)(=O)CCNc1cc(Cl)c(OC)cc1OC. The molecule has 0 aromatic heterocycles. The molecule has 0 heterocycles. The van der Waals surface area contributed by atoms with Crippen LogP contribution >= 0.6 is 11.6 Å². The average Bonchev–Trinajstić information content (AvgIpc) is 2.39. The molecule has 0 atom stereocenters. The highest BCUT2D eigenvalue weighted by Gasteiger charge is 2.11. The van der Waals surface area contributed by atoms with Gasteiger partial charge in [-0.3, -0.25) is 0 Å². The summed E-state index contributed by atoms with van der Waals surface area (Å²) >= 11 is 6.02. The number of ether oxygens (including phenoxy) is 2. The standard InChI is InChI=1S/C12H18ClNO4S/c1-4-19(15,16)6-5-14-10-7-9(13)11(17-2)8-12(10)18-3/h7-8,14H,4-6H2,1-3H3. The van der Waals surface area contributed by atoms with Gasteiger partial charge in [0.2, 0.25) is 0 Å². The Bertz CT molecular complexity index is 531. The van der Waals surface area contributed by atoms with Crippen molar-refractivity contribution in [3.8, 4) is 11.5 Å². The summed E-state index contributed by atoms with van der Waals surface area (Å²) < 4.78 is 33.1. The number of rotatable bonds is 7. The van der Waals surface area contributed by atoms with Crippen LogP contribution in [-0.4, -0.2) is 40.7 Å². The monoisotopic (exact) mass is 307 g/mol. The third-order valence-corrected chi connectivity index (χ3v) is 4.64. The fourth-order valence-corrected chi connectivity index (χ4v) is 2.43. The minimum atomic E-state index is -2.99. The molecule has 0 spiro atoms. The predicted molar refractivity (Wildman–Crippen MR) is 77.4 cm³/mol. The van der Waals surface area contributed by atoms with Crippen molar-refractivity contribution in [3.63, 3.8) is 0 Å². The van der Waals surface area contributed by atoms with E-state index in [1.165, 1.54) is 14.2 Å². The number of methoxy groups -OCH3 is 2. The molecule has 0 bridgehead atoms. The van der Waals surface area contributed by atoms with Gasteiger partial charge in [0.1, 0.15) is 11.5 Å². The normalized spacial score (nSPS) is 11.2. The van der Waals surface area contributed by atoms with E-state index in [0.29, 0.717) is 28.8 Å². The summed E-state index contributed by atoms with van der Waals surface area (Å²) in [5, 5.41) is 3.44. The van der Waals surface area contributed by atoms with E-state index in [4.69, 9.17) is 21.1 Å². The van der Waals surface area contributed by atoms with Crippen LogP contribution in [0.1, 0.15) is 6.92 Å². The number of hydrogen-bond donors (Lipinski definition) is 1. The zero-order valence-corrected chi connectivity index (χ0v) is 12.8. The van der Waals surface area contributed by atoms with E-state index in [2.05, 4.69) is 5.32 Å². The van der Waals surface area contributed by atoms with Gasteiger partial charge >= 0.3 is 0 Å². The molecule has 0 fully saturated rings. The third kappa shape index (κ3) is 4.47. The molecule has 0 unspecified atom stereocenters. The zero-order chi connectivity index (χ0) is 14.5. The molecule has 7 heteroatoms. The first-order valence-corrected chi connectivity index (χ1v) is 7.99. The molecule has 1 aromatic carbocycles. The maximum Gasteiger partial charge on any atom is 0.151 e. The molecule has 0 aliphatic carbocycles. The molecular formula is C12H18ClNO4S.